The fourth-order valence-electron chi connectivity index (χ4n) is 2.68. The van der Waals surface area contributed by atoms with Crippen LogP contribution in [0.25, 0.3) is 0 Å². The molecule has 1 fully saturated rings. The van der Waals surface area contributed by atoms with Crippen LogP contribution in [-0.2, 0) is 6.54 Å². The molecule has 18 heavy (non-hydrogen) atoms. The van der Waals surface area contributed by atoms with Crippen LogP contribution in [-0.4, -0.2) is 47.5 Å². The Morgan fingerprint density at radius 1 is 1.39 bits per heavy atom. The van der Waals surface area contributed by atoms with E-state index in [0.717, 1.165) is 25.3 Å². The largest absolute Gasteiger partial charge is 0.384 e. The molecule has 1 aromatic heterocycles. The number of hydrogen-bond donors (Lipinski definition) is 1. The van der Waals surface area contributed by atoms with Crippen molar-refractivity contribution in [2.75, 3.05) is 32.4 Å². The quantitative estimate of drug-likeness (QED) is 0.882. The van der Waals surface area contributed by atoms with Gasteiger partial charge in [-0.05, 0) is 38.6 Å². The number of nitrogens with zero attached hydrogens (tertiary/aromatic N) is 3. The van der Waals surface area contributed by atoms with Gasteiger partial charge < -0.3 is 10.6 Å². The van der Waals surface area contributed by atoms with Gasteiger partial charge in [0.15, 0.2) is 0 Å². The first kappa shape index (κ1) is 13.3. The van der Waals surface area contributed by atoms with Crippen LogP contribution in [0.2, 0.25) is 0 Å². The van der Waals surface area contributed by atoms with Gasteiger partial charge in [-0.2, -0.15) is 0 Å². The SMILES string of the molecule is CCC1CN(C)CCCN1Cc1cccc(N)n1. The lowest BCUT2D eigenvalue weighted by Gasteiger charge is -2.29. The van der Waals surface area contributed by atoms with Crippen molar-refractivity contribution in [2.45, 2.75) is 32.4 Å². The molecule has 4 heteroatoms. The summed E-state index contributed by atoms with van der Waals surface area (Å²) in [7, 11) is 2.21. The molecule has 4 nitrogen and oxygen atoms in total. The predicted molar refractivity (Wildman–Crippen MR) is 75.3 cm³/mol. The van der Waals surface area contributed by atoms with Crippen LogP contribution in [0.5, 0.6) is 0 Å². The maximum absolute atomic E-state index is 5.75. The van der Waals surface area contributed by atoms with Crippen molar-refractivity contribution in [3.05, 3.63) is 23.9 Å². The van der Waals surface area contributed by atoms with E-state index in [1.54, 1.807) is 0 Å². The Balaban J connectivity index is 2.06. The highest BCUT2D eigenvalue weighted by Crippen LogP contribution is 2.15. The Kier molecular flexibility index (Phi) is 4.55. The molecule has 0 aromatic carbocycles. The van der Waals surface area contributed by atoms with Crippen molar-refractivity contribution >= 4 is 5.82 Å². The molecule has 1 aliphatic heterocycles. The summed E-state index contributed by atoms with van der Waals surface area (Å²) in [4.78, 5) is 9.39. The van der Waals surface area contributed by atoms with Gasteiger partial charge in [-0.25, -0.2) is 4.98 Å². The van der Waals surface area contributed by atoms with Crippen LogP contribution in [0.15, 0.2) is 18.2 Å². The summed E-state index contributed by atoms with van der Waals surface area (Å²) in [5.74, 6) is 0.618. The summed E-state index contributed by atoms with van der Waals surface area (Å²) in [5.41, 5.74) is 6.83. The third-order valence-electron chi connectivity index (χ3n) is 3.69. The number of nitrogens with two attached hydrogens (primary N) is 1. The average Bonchev–Trinajstić information content (AvgIpc) is 2.51. The smallest absolute Gasteiger partial charge is 0.123 e. The lowest BCUT2D eigenvalue weighted by atomic mass is 10.1. The van der Waals surface area contributed by atoms with Crippen LogP contribution < -0.4 is 5.73 Å². The van der Waals surface area contributed by atoms with Crippen molar-refractivity contribution < 1.29 is 0 Å². The number of anilines is 1. The minimum Gasteiger partial charge on any atom is -0.384 e. The van der Waals surface area contributed by atoms with Crippen molar-refractivity contribution in [1.82, 2.24) is 14.8 Å². The van der Waals surface area contributed by atoms with Gasteiger partial charge in [0.2, 0.25) is 0 Å². The first-order valence-corrected chi connectivity index (χ1v) is 6.83. The lowest BCUT2D eigenvalue weighted by Crippen LogP contribution is -2.39. The van der Waals surface area contributed by atoms with Crippen molar-refractivity contribution in [3.8, 4) is 0 Å². The highest BCUT2D eigenvalue weighted by Gasteiger charge is 2.22. The van der Waals surface area contributed by atoms with Gasteiger partial charge in [-0.15, -0.1) is 0 Å². The first-order valence-electron chi connectivity index (χ1n) is 6.83. The van der Waals surface area contributed by atoms with E-state index in [1.165, 1.54) is 19.4 Å². The molecule has 1 unspecified atom stereocenters. The Labute approximate surface area is 110 Å². The molecule has 0 aliphatic carbocycles. The molecule has 2 N–H and O–H groups in total. The highest BCUT2D eigenvalue weighted by molar-refractivity contribution is 5.28. The minimum atomic E-state index is 0.618. The maximum atomic E-state index is 5.75. The van der Waals surface area contributed by atoms with E-state index < -0.39 is 0 Å². The van der Waals surface area contributed by atoms with E-state index in [0.29, 0.717) is 11.9 Å². The molecular weight excluding hydrogens is 224 g/mol. The summed E-state index contributed by atoms with van der Waals surface area (Å²) < 4.78 is 0. The second-order valence-electron chi connectivity index (χ2n) is 5.20. The molecule has 2 heterocycles. The molecule has 0 spiro atoms. The van der Waals surface area contributed by atoms with Crippen LogP contribution in [0.3, 0.4) is 0 Å². The predicted octanol–water partition coefficient (Wildman–Crippen LogP) is 1.58. The van der Waals surface area contributed by atoms with Crippen LogP contribution >= 0.6 is 0 Å². The van der Waals surface area contributed by atoms with Gasteiger partial charge >= 0.3 is 0 Å². The summed E-state index contributed by atoms with van der Waals surface area (Å²) in [6.07, 6.45) is 2.42. The van der Waals surface area contributed by atoms with Crippen molar-refractivity contribution in [2.24, 2.45) is 0 Å². The van der Waals surface area contributed by atoms with Gasteiger partial charge in [-0.1, -0.05) is 13.0 Å². The Morgan fingerprint density at radius 2 is 2.22 bits per heavy atom. The molecule has 1 saturated heterocycles. The molecule has 100 valence electrons. The minimum absolute atomic E-state index is 0.618. The van der Waals surface area contributed by atoms with E-state index in [9.17, 15) is 0 Å². The summed E-state index contributed by atoms with van der Waals surface area (Å²) in [6.45, 7) is 6.68. The number of nitrogen functional groups attached to an aromatic ring is 1. The molecular formula is C14H24N4. The van der Waals surface area contributed by atoms with Gasteiger partial charge in [-0.3, -0.25) is 4.90 Å². The fourth-order valence-corrected chi connectivity index (χ4v) is 2.68. The van der Waals surface area contributed by atoms with Crippen LogP contribution in [0, 0.1) is 0 Å². The highest BCUT2D eigenvalue weighted by atomic mass is 15.2. The summed E-state index contributed by atoms with van der Waals surface area (Å²) in [5, 5.41) is 0. The third kappa shape index (κ3) is 3.43. The summed E-state index contributed by atoms with van der Waals surface area (Å²) >= 11 is 0. The zero-order chi connectivity index (χ0) is 13.0. The molecule has 0 saturated carbocycles. The van der Waals surface area contributed by atoms with Gasteiger partial charge in [0.1, 0.15) is 5.82 Å². The fraction of sp³-hybridized carbons (Fsp3) is 0.643. The van der Waals surface area contributed by atoms with Gasteiger partial charge in [0.05, 0.1) is 5.69 Å². The Morgan fingerprint density at radius 3 is 2.94 bits per heavy atom. The number of likely N-dealkylation sites (N-methyl/N-ethyl adjacent to an activating group) is 1. The molecule has 0 bridgehead atoms. The summed E-state index contributed by atoms with van der Waals surface area (Å²) in [6, 6.07) is 6.53. The Hall–Kier alpha value is -1.13. The first-order chi connectivity index (χ1) is 8.69. The number of pyridine rings is 1. The third-order valence-corrected chi connectivity index (χ3v) is 3.69. The monoisotopic (exact) mass is 248 g/mol. The molecule has 0 radical (unpaired) electrons. The number of hydrogen-bond acceptors (Lipinski definition) is 4. The van der Waals surface area contributed by atoms with E-state index in [4.69, 9.17) is 5.73 Å². The molecule has 0 amide bonds. The Bertz CT molecular complexity index is 380. The van der Waals surface area contributed by atoms with Crippen LogP contribution in [0.1, 0.15) is 25.5 Å². The second-order valence-corrected chi connectivity index (χ2v) is 5.20. The van der Waals surface area contributed by atoms with E-state index in [1.807, 2.05) is 12.1 Å². The molecule has 1 aliphatic rings. The van der Waals surface area contributed by atoms with E-state index >= 15 is 0 Å². The second kappa shape index (κ2) is 6.16. The average molecular weight is 248 g/mol. The van der Waals surface area contributed by atoms with Gasteiger partial charge in [0, 0.05) is 25.7 Å². The molecule has 1 aromatic rings. The zero-order valence-electron chi connectivity index (χ0n) is 11.5. The number of rotatable bonds is 3. The molecule has 2 rings (SSSR count). The van der Waals surface area contributed by atoms with E-state index in [-0.39, 0.29) is 0 Å². The van der Waals surface area contributed by atoms with Crippen LogP contribution in [0.4, 0.5) is 5.82 Å². The van der Waals surface area contributed by atoms with E-state index in [2.05, 4.69) is 34.8 Å². The standard InChI is InChI=1S/C14H24N4/c1-3-13-11-17(2)8-5-9-18(13)10-12-6-4-7-14(15)16-12/h4,6-7,13H,3,5,8-11H2,1-2H3,(H2,15,16). The molecule has 1 atom stereocenters. The lowest BCUT2D eigenvalue weighted by molar-refractivity contribution is 0.174. The zero-order valence-corrected chi connectivity index (χ0v) is 11.5. The topological polar surface area (TPSA) is 45.4 Å². The van der Waals surface area contributed by atoms with Crippen molar-refractivity contribution in [1.29, 1.82) is 0 Å². The number of aromatic nitrogens is 1. The van der Waals surface area contributed by atoms with Gasteiger partial charge in [0.25, 0.3) is 0 Å². The normalized spacial score (nSPS) is 22.9. The van der Waals surface area contributed by atoms with Crippen molar-refractivity contribution in [3.63, 3.8) is 0 Å². The maximum Gasteiger partial charge on any atom is 0.123 e.